The Morgan fingerprint density at radius 3 is 1.37 bits per heavy atom. The normalized spacial score (nSPS) is 11.1. The van der Waals surface area contributed by atoms with E-state index >= 15 is 0 Å². The number of hydrogen-bond acceptors (Lipinski definition) is 7. The zero-order valence-corrected chi connectivity index (χ0v) is 36.9. The third-order valence-corrected chi connectivity index (χ3v) is 11.5. The summed E-state index contributed by atoms with van der Waals surface area (Å²) in [5.74, 6) is -0.149. The van der Waals surface area contributed by atoms with Crippen molar-refractivity contribution < 1.29 is 38.9 Å². The van der Waals surface area contributed by atoms with Gasteiger partial charge in [0.25, 0.3) is 5.91 Å². The van der Waals surface area contributed by atoms with Crippen LogP contribution in [0.5, 0.6) is 23.0 Å². The number of carbonyl (C=O) groups is 3. The van der Waals surface area contributed by atoms with Gasteiger partial charge in [-0.25, -0.2) is 9.59 Å². The molecule has 0 heterocycles. The SMILES string of the molecule is CC(C)(c1ccc(Oc2ccc(NOCc3cc(Cc4ccccc4)ccc3C(=O)O)cc2)cc1)c1ccc(Oc2ccc(NC(=O)c3cc(Cc4ccccc4)ccc3C(=O)O)cc2)cc1. The molecule has 1 amide bonds. The fourth-order valence-electron chi connectivity index (χ4n) is 7.73. The van der Waals surface area contributed by atoms with Crippen molar-refractivity contribution >= 4 is 29.2 Å². The van der Waals surface area contributed by atoms with Crippen molar-refractivity contribution in [2.75, 3.05) is 10.8 Å². The van der Waals surface area contributed by atoms with Gasteiger partial charge in [0.1, 0.15) is 29.6 Å². The molecule has 0 saturated carbocycles. The number of carbonyl (C=O) groups excluding carboxylic acids is 1. The van der Waals surface area contributed by atoms with Gasteiger partial charge in [0.05, 0.1) is 22.4 Å². The highest BCUT2D eigenvalue weighted by molar-refractivity contribution is 6.10. The Morgan fingerprint density at radius 2 is 0.896 bits per heavy atom. The van der Waals surface area contributed by atoms with E-state index in [2.05, 4.69) is 24.6 Å². The molecule has 0 aliphatic heterocycles. The second kappa shape index (κ2) is 20.6. The Bertz CT molecular complexity index is 2970. The molecule has 0 aliphatic rings. The minimum atomic E-state index is -1.17. The Labute approximate surface area is 389 Å². The lowest BCUT2D eigenvalue weighted by Gasteiger charge is -2.26. The third kappa shape index (κ3) is 11.6. The molecular formula is C57H48N2O8. The van der Waals surface area contributed by atoms with Crippen LogP contribution in [0.2, 0.25) is 0 Å². The second-order valence-electron chi connectivity index (χ2n) is 16.6. The first-order valence-electron chi connectivity index (χ1n) is 21.7. The van der Waals surface area contributed by atoms with Crippen LogP contribution in [0.25, 0.3) is 0 Å². The number of ether oxygens (including phenoxy) is 2. The Hall–Kier alpha value is -8.47. The molecule has 67 heavy (non-hydrogen) atoms. The number of anilines is 2. The highest BCUT2D eigenvalue weighted by Crippen LogP contribution is 2.35. The molecule has 0 bridgehead atoms. The summed E-state index contributed by atoms with van der Waals surface area (Å²) in [7, 11) is 0. The summed E-state index contributed by atoms with van der Waals surface area (Å²) in [6, 6.07) is 60.1. The van der Waals surface area contributed by atoms with Crippen LogP contribution >= 0.6 is 0 Å². The summed E-state index contributed by atoms with van der Waals surface area (Å²) in [5, 5.41) is 22.4. The molecule has 8 aromatic rings. The predicted molar refractivity (Wildman–Crippen MR) is 260 cm³/mol. The molecule has 0 aliphatic carbocycles. The maximum Gasteiger partial charge on any atom is 0.336 e. The van der Waals surface area contributed by atoms with Crippen LogP contribution in [0.1, 0.15) is 83.9 Å². The molecule has 4 N–H and O–H groups in total. The molecule has 10 heteroatoms. The molecule has 0 spiro atoms. The molecule has 0 unspecified atom stereocenters. The van der Waals surface area contributed by atoms with Gasteiger partial charge in [-0.3, -0.25) is 15.1 Å². The zero-order valence-electron chi connectivity index (χ0n) is 36.9. The molecule has 0 saturated heterocycles. The van der Waals surface area contributed by atoms with Crippen LogP contribution in [0.3, 0.4) is 0 Å². The van der Waals surface area contributed by atoms with Crippen molar-refractivity contribution in [3.05, 3.63) is 250 Å². The van der Waals surface area contributed by atoms with Crippen molar-refractivity contribution in [2.24, 2.45) is 0 Å². The van der Waals surface area contributed by atoms with Gasteiger partial charge in [0.15, 0.2) is 0 Å². The van der Waals surface area contributed by atoms with E-state index in [4.69, 9.17) is 14.3 Å². The van der Waals surface area contributed by atoms with Gasteiger partial charge in [-0.2, -0.15) is 0 Å². The first-order valence-corrected chi connectivity index (χ1v) is 21.7. The van der Waals surface area contributed by atoms with E-state index in [0.29, 0.717) is 52.8 Å². The third-order valence-electron chi connectivity index (χ3n) is 11.5. The maximum absolute atomic E-state index is 13.3. The number of carboxylic acid groups (broad SMARTS) is 2. The summed E-state index contributed by atoms with van der Waals surface area (Å²) >= 11 is 0. The van der Waals surface area contributed by atoms with Crippen LogP contribution in [0.4, 0.5) is 11.4 Å². The number of amides is 1. The second-order valence-corrected chi connectivity index (χ2v) is 16.6. The van der Waals surface area contributed by atoms with Crippen LogP contribution in [0, 0.1) is 0 Å². The Kier molecular flexibility index (Phi) is 13.9. The largest absolute Gasteiger partial charge is 0.478 e. The lowest BCUT2D eigenvalue weighted by Crippen LogP contribution is -2.18. The van der Waals surface area contributed by atoms with Gasteiger partial charge in [-0.1, -0.05) is 117 Å². The first-order chi connectivity index (χ1) is 32.5. The fourth-order valence-corrected chi connectivity index (χ4v) is 7.73. The van der Waals surface area contributed by atoms with Crippen molar-refractivity contribution in [3.8, 4) is 23.0 Å². The number of rotatable bonds is 18. The topological polar surface area (TPSA) is 143 Å². The summed E-state index contributed by atoms with van der Waals surface area (Å²) in [6.07, 6.45) is 1.26. The number of carboxylic acids is 2. The van der Waals surface area contributed by atoms with Gasteiger partial charge in [-0.15, -0.1) is 0 Å². The quantitative estimate of drug-likeness (QED) is 0.0619. The van der Waals surface area contributed by atoms with Crippen molar-refractivity contribution in [1.29, 1.82) is 0 Å². The molecular weight excluding hydrogens is 841 g/mol. The van der Waals surface area contributed by atoms with E-state index < -0.39 is 17.8 Å². The van der Waals surface area contributed by atoms with E-state index in [1.807, 2.05) is 146 Å². The summed E-state index contributed by atoms with van der Waals surface area (Å²) < 4.78 is 12.3. The minimum Gasteiger partial charge on any atom is -0.478 e. The van der Waals surface area contributed by atoms with E-state index in [1.54, 1.807) is 42.5 Å². The van der Waals surface area contributed by atoms with Gasteiger partial charge in [0, 0.05) is 11.1 Å². The smallest absolute Gasteiger partial charge is 0.336 e. The number of nitrogens with one attached hydrogen (secondary N) is 2. The summed E-state index contributed by atoms with van der Waals surface area (Å²) in [6.45, 7) is 4.38. The van der Waals surface area contributed by atoms with Crippen molar-refractivity contribution in [1.82, 2.24) is 0 Å². The molecule has 10 nitrogen and oxygen atoms in total. The maximum atomic E-state index is 13.3. The average molecular weight is 889 g/mol. The highest BCUT2D eigenvalue weighted by Gasteiger charge is 2.24. The van der Waals surface area contributed by atoms with Crippen LogP contribution in [-0.2, 0) is 29.7 Å². The zero-order chi connectivity index (χ0) is 46.8. The fraction of sp³-hybridized carbons (Fsp3) is 0.105. The van der Waals surface area contributed by atoms with Gasteiger partial charge in [0.2, 0.25) is 0 Å². The number of hydrogen-bond donors (Lipinski definition) is 4. The molecule has 0 radical (unpaired) electrons. The van der Waals surface area contributed by atoms with Crippen LogP contribution in [0.15, 0.2) is 194 Å². The van der Waals surface area contributed by atoms with Crippen molar-refractivity contribution in [3.63, 3.8) is 0 Å². The Morgan fingerprint density at radius 1 is 0.463 bits per heavy atom. The van der Waals surface area contributed by atoms with E-state index in [1.165, 1.54) is 6.07 Å². The molecule has 8 rings (SSSR count). The van der Waals surface area contributed by atoms with Gasteiger partial charge in [-0.05, 0) is 143 Å². The number of aromatic carboxylic acids is 2. The number of benzene rings is 8. The lowest BCUT2D eigenvalue weighted by atomic mass is 9.78. The van der Waals surface area contributed by atoms with E-state index in [-0.39, 0.29) is 28.7 Å². The highest BCUT2D eigenvalue weighted by atomic mass is 16.6. The molecule has 0 atom stereocenters. The van der Waals surface area contributed by atoms with Crippen LogP contribution < -0.4 is 20.3 Å². The van der Waals surface area contributed by atoms with Crippen LogP contribution in [-0.4, -0.2) is 28.1 Å². The molecule has 334 valence electrons. The Balaban J connectivity index is 0.824. The van der Waals surface area contributed by atoms with E-state index in [9.17, 15) is 24.6 Å². The minimum absolute atomic E-state index is 0.0652. The molecule has 0 fully saturated rings. The molecule has 0 aromatic heterocycles. The van der Waals surface area contributed by atoms with Crippen molar-refractivity contribution in [2.45, 2.75) is 38.7 Å². The monoisotopic (exact) mass is 888 g/mol. The van der Waals surface area contributed by atoms with Gasteiger partial charge < -0.3 is 25.0 Å². The standard InChI is InChI=1S/C57H48N2O8/c1-57(2,43-15-23-47(24-16-43)66-49-27-19-45(20-28-49)58-54(60)53-36-41(14-32-52(53)56(63)64)34-39-11-7-4-8-12-39)44-17-25-48(26-18-44)67-50-29-21-46(22-30-50)59-65-37-42-35-40(13-31-51(42)55(61)62)33-38-9-5-3-6-10-38/h3-32,35-36,59H,33-34,37H2,1-2H3,(H,58,60)(H,61,62)(H,63,64). The summed E-state index contributed by atoms with van der Waals surface area (Å²) in [4.78, 5) is 42.9. The van der Waals surface area contributed by atoms with Gasteiger partial charge >= 0.3 is 11.9 Å². The lowest BCUT2D eigenvalue weighted by molar-refractivity contribution is 0.0682. The first kappa shape index (κ1) is 45.1. The van der Waals surface area contributed by atoms with E-state index in [0.717, 1.165) is 33.4 Å². The summed E-state index contributed by atoms with van der Waals surface area (Å²) in [5.41, 5.74) is 10.8. The average Bonchev–Trinajstić information content (AvgIpc) is 3.33. The predicted octanol–water partition coefficient (Wildman–Crippen LogP) is 13.0. The molecule has 8 aromatic carbocycles.